The maximum absolute atomic E-state index is 11.5. The highest BCUT2D eigenvalue weighted by molar-refractivity contribution is 5.44. The highest BCUT2D eigenvalue weighted by Gasteiger charge is 2.07. The fraction of sp³-hybridized carbons (Fsp3) is 0.0667. The summed E-state index contributed by atoms with van der Waals surface area (Å²) < 4.78 is 5.63. The fourth-order valence-corrected chi connectivity index (χ4v) is 1.58. The predicted molar refractivity (Wildman–Crippen MR) is 67.0 cm³/mol. The van der Waals surface area contributed by atoms with Gasteiger partial charge >= 0.3 is 0 Å². The van der Waals surface area contributed by atoms with Crippen molar-refractivity contribution in [2.24, 2.45) is 0 Å². The first-order valence-electron chi connectivity index (χ1n) is 5.44. The Morgan fingerprint density at radius 2 is 1.65 bits per heavy atom. The number of allylic oxidation sites excluding steroid dienone is 1. The third-order valence-electron chi connectivity index (χ3n) is 2.41. The minimum absolute atomic E-state index is 0.110. The van der Waals surface area contributed by atoms with Crippen LogP contribution < -0.4 is 4.74 Å². The molecular formula is C15H13O2. The zero-order valence-corrected chi connectivity index (χ0v) is 9.43. The molecule has 0 saturated carbocycles. The van der Waals surface area contributed by atoms with E-state index >= 15 is 0 Å². The smallest absolute Gasteiger partial charge is 0.221 e. The standard InChI is InChI=1S/C15H13O2/c1-2-7-12-8-3-5-10-14(12)17-15-11-6-4-9-13(15)16/h2-6,8-11H,1,7H2. The summed E-state index contributed by atoms with van der Waals surface area (Å²) in [5, 5.41) is 11.5. The summed E-state index contributed by atoms with van der Waals surface area (Å²) in [6, 6.07) is 14.3. The van der Waals surface area contributed by atoms with E-state index in [-0.39, 0.29) is 5.75 Å². The first-order chi connectivity index (χ1) is 8.31. The summed E-state index contributed by atoms with van der Waals surface area (Å²) in [6.07, 6.45) is 2.53. The van der Waals surface area contributed by atoms with Gasteiger partial charge in [0.2, 0.25) is 5.75 Å². The highest BCUT2D eigenvalue weighted by Crippen LogP contribution is 2.32. The minimum Gasteiger partial charge on any atom is -0.453 e. The highest BCUT2D eigenvalue weighted by atomic mass is 16.5. The zero-order chi connectivity index (χ0) is 12.1. The molecule has 2 aromatic rings. The van der Waals surface area contributed by atoms with Crippen molar-refractivity contribution < 1.29 is 9.84 Å². The van der Waals surface area contributed by atoms with E-state index in [0.717, 1.165) is 12.0 Å². The first-order valence-corrected chi connectivity index (χ1v) is 5.44. The molecule has 17 heavy (non-hydrogen) atoms. The third-order valence-corrected chi connectivity index (χ3v) is 2.41. The van der Waals surface area contributed by atoms with E-state index in [4.69, 9.17) is 4.74 Å². The lowest BCUT2D eigenvalue weighted by molar-refractivity contribution is 0.328. The van der Waals surface area contributed by atoms with Gasteiger partial charge < -0.3 is 4.74 Å². The molecule has 1 radical (unpaired) electrons. The molecule has 0 atom stereocenters. The lowest BCUT2D eigenvalue weighted by atomic mass is 10.1. The quantitative estimate of drug-likeness (QED) is 0.711. The van der Waals surface area contributed by atoms with E-state index in [1.807, 2.05) is 30.3 Å². The van der Waals surface area contributed by atoms with E-state index < -0.39 is 0 Å². The van der Waals surface area contributed by atoms with Crippen LogP contribution in [0.2, 0.25) is 0 Å². The molecule has 2 aromatic carbocycles. The SMILES string of the molecule is C=CCc1ccccc1Oc1ccccc1[O]. The number of rotatable bonds is 4. The Morgan fingerprint density at radius 1 is 1.00 bits per heavy atom. The molecule has 0 heterocycles. The molecule has 0 spiro atoms. The largest absolute Gasteiger partial charge is 0.453 e. The second-order valence-electron chi connectivity index (χ2n) is 3.65. The van der Waals surface area contributed by atoms with E-state index in [1.165, 1.54) is 6.07 Å². The number of ether oxygens (including phenoxy) is 1. The van der Waals surface area contributed by atoms with Gasteiger partial charge in [-0.05, 0) is 30.2 Å². The average Bonchev–Trinajstić information content (AvgIpc) is 2.35. The molecule has 0 saturated heterocycles. The van der Waals surface area contributed by atoms with E-state index in [2.05, 4.69) is 6.58 Å². The molecule has 0 unspecified atom stereocenters. The van der Waals surface area contributed by atoms with E-state index in [1.54, 1.807) is 18.2 Å². The number of para-hydroxylation sites is 3. The van der Waals surface area contributed by atoms with Crippen molar-refractivity contribution in [3.63, 3.8) is 0 Å². The van der Waals surface area contributed by atoms with Gasteiger partial charge in [-0.25, -0.2) is 0 Å². The van der Waals surface area contributed by atoms with Gasteiger partial charge in [0.05, 0.1) is 0 Å². The van der Waals surface area contributed by atoms with Crippen LogP contribution in [-0.4, -0.2) is 0 Å². The van der Waals surface area contributed by atoms with Gasteiger partial charge in [-0.15, -0.1) is 6.58 Å². The molecule has 0 amide bonds. The number of hydrogen-bond acceptors (Lipinski definition) is 1. The van der Waals surface area contributed by atoms with Crippen LogP contribution in [0.5, 0.6) is 17.2 Å². The molecule has 0 fully saturated rings. The lowest BCUT2D eigenvalue weighted by Crippen LogP contribution is -1.90. The number of benzene rings is 2. The topological polar surface area (TPSA) is 29.1 Å². The summed E-state index contributed by atoms with van der Waals surface area (Å²) >= 11 is 0. The maximum Gasteiger partial charge on any atom is 0.221 e. The van der Waals surface area contributed by atoms with Crippen molar-refractivity contribution in [2.45, 2.75) is 6.42 Å². The molecule has 0 aliphatic carbocycles. The normalized spacial score (nSPS) is 9.88. The van der Waals surface area contributed by atoms with Crippen LogP contribution in [0.15, 0.2) is 61.2 Å². The Labute approximate surface area is 101 Å². The summed E-state index contributed by atoms with van der Waals surface area (Å²) in [4.78, 5) is 0. The van der Waals surface area contributed by atoms with Crippen molar-refractivity contribution in [3.05, 3.63) is 66.7 Å². The van der Waals surface area contributed by atoms with Gasteiger partial charge in [0.15, 0.2) is 5.75 Å². The van der Waals surface area contributed by atoms with Crippen molar-refractivity contribution in [1.29, 1.82) is 0 Å². The Kier molecular flexibility index (Phi) is 3.46. The summed E-state index contributed by atoms with van der Waals surface area (Å²) in [6.45, 7) is 3.70. The fourth-order valence-electron chi connectivity index (χ4n) is 1.58. The average molecular weight is 225 g/mol. The Hall–Kier alpha value is -2.22. The van der Waals surface area contributed by atoms with Crippen molar-refractivity contribution in [1.82, 2.24) is 0 Å². The van der Waals surface area contributed by atoms with Gasteiger partial charge in [-0.3, -0.25) is 5.11 Å². The van der Waals surface area contributed by atoms with Crippen LogP contribution in [0.3, 0.4) is 0 Å². The van der Waals surface area contributed by atoms with Gasteiger partial charge in [-0.2, -0.15) is 0 Å². The number of hydrogen-bond donors (Lipinski definition) is 0. The summed E-state index contributed by atoms with van der Waals surface area (Å²) in [5.74, 6) is 0.945. The van der Waals surface area contributed by atoms with Crippen LogP contribution in [0.1, 0.15) is 5.56 Å². The molecule has 2 nitrogen and oxygen atoms in total. The van der Waals surface area contributed by atoms with Crippen LogP contribution in [-0.2, 0) is 11.5 Å². The Balaban J connectivity index is 2.30. The van der Waals surface area contributed by atoms with Crippen LogP contribution in [0.4, 0.5) is 0 Å². The second-order valence-corrected chi connectivity index (χ2v) is 3.65. The lowest BCUT2D eigenvalue weighted by Gasteiger charge is -2.09. The maximum atomic E-state index is 11.5. The van der Waals surface area contributed by atoms with E-state index in [0.29, 0.717) is 11.5 Å². The third kappa shape index (κ3) is 2.67. The molecule has 2 rings (SSSR count). The van der Waals surface area contributed by atoms with Gasteiger partial charge in [0, 0.05) is 0 Å². The monoisotopic (exact) mass is 225 g/mol. The zero-order valence-electron chi connectivity index (χ0n) is 9.43. The van der Waals surface area contributed by atoms with E-state index in [9.17, 15) is 5.11 Å². The van der Waals surface area contributed by atoms with Gasteiger partial charge in [0.25, 0.3) is 0 Å². The Morgan fingerprint density at radius 3 is 2.35 bits per heavy atom. The van der Waals surface area contributed by atoms with Crippen LogP contribution in [0, 0.1) is 0 Å². The predicted octanol–water partition coefficient (Wildman–Crippen LogP) is 4.35. The van der Waals surface area contributed by atoms with Crippen LogP contribution in [0.25, 0.3) is 0 Å². The molecule has 0 aliphatic rings. The summed E-state index contributed by atoms with van der Waals surface area (Å²) in [7, 11) is 0. The van der Waals surface area contributed by atoms with Crippen molar-refractivity contribution in [2.75, 3.05) is 0 Å². The summed E-state index contributed by atoms with van der Waals surface area (Å²) in [5.41, 5.74) is 1.02. The molecule has 85 valence electrons. The second kappa shape index (κ2) is 5.21. The molecule has 0 bridgehead atoms. The molecule has 0 aliphatic heterocycles. The molecule has 0 N–H and O–H groups in total. The van der Waals surface area contributed by atoms with Crippen LogP contribution >= 0.6 is 0 Å². The molecule has 0 aromatic heterocycles. The van der Waals surface area contributed by atoms with Gasteiger partial charge in [0.1, 0.15) is 5.75 Å². The van der Waals surface area contributed by atoms with Gasteiger partial charge in [-0.1, -0.05) is 36.4 Å². The first kappa shape index (κ1) is 11.3. The Bertz CT molecular complexity index is 518. The van der Waals surface area contributed by atoms with Crippen molar-refractivity contribution >= 4 is 0 Å². The minimum atomic E-state index is -0.110. The molecular weight excluding hydrogens is 212 g/mol. The molecule has 2 heteroatoms. The van der Waals surface area contributed by atoms with Crippen molar-refractivity contribution in [3.8, 4) is 17.2 Å².